The summed E-state index contributed by atoms with van der Waals surface area (Å²) >= 11 is 0. The molecule has 0 heterocycles. The lowest BCUT2D eigenvalue weighted by molar-refractivity contribution is -0.155. The summed E-state index contributed by atoms with van der Waals surface area (Å²) in [5.41, 5.74) is 5.56. The van der Waals surface area contributed by atoms with Crippen molar-refractivity contribution in [3.63, 3.8) is 0 Å². The van der Waals surface area contributed by atoms with Crippen LogP contribution in [0.25, 0.3) is 0 Å². The normalized spacial score (nSPS) is 28.5. The molecule has 88 valence electrons. The van der Waals surface area contributed by atoms with Gasteiger partial charge in [-0.1, -0.05) is 13.3 Å². The quantitative estimate of drug-likeness (QED) is 0.681. The van der Waals surface area contributed by atoms with Crippen molar-refractivity contribution in [3.8, 4) is 0 Å². The first kappa shape index (κ1) is 12.5. The van der Waals surface area contributed by atoms with Crippen molar-refractivity contribution in [2.75, 3.05) is 6.61 Å². The van der Waals surface area contributed by atoms with Crippen molar-refractivity contribution in [2.45, 2.75) is 51.2 Å². The SMILES string of the molecule is CC1CCCCC1OC(=O)[C@@H](N)CCO. The lowest BCUT2D eigenvalue weighted by Crippen LogP contribution is -2.38. The molecule has 1 fully saturated rings. The molecule has 0 saturated heterocycles. The summed E-state index contributed by atoms with van der Waals surface area (Å²) in [6.45, 7) is 2.03. The number of hydrogen-bond acceptors (Lipinski definition) is 4. The van der Waals surface area contributed by atoms with Crippen LogP contribution in [0, 0.1) is 5.92 Å². The van der Waals surface area contributed by atoms with Gasteiger partial charge in [-0.3, -0.25) is 4.79 Å². The van der Waals surface area contributed by atoms with E-state index in [9.17, 15) is 4.79 Å². The summed E-state index contributed by atoms with van der Waals surface area (Å²) < 4.78 is 5.34. The van der Waals surface area contributed by atoms with Gasteiger partial charge in [-0.2, -0.15) is 0 Å². The van der Waals surface area contributed by atoms with E-state index in [1.54, 1.807) is 0 Å². The largest absolute Gasteiger partial charge is 0.461 e. The van der Waals surface area contributed by atoms with Crippen molar-refractivity contribution in [1.29, 1.82) is 0 Å². The fourth-order valence-corrected chi connectivity index (χ4v) is 1.95. The number of aliphatic hydroxyl groups excluding tert-OH is 1. The van der Waals surface area contributed by atoms with Crippen LogP contribution >= 0.6 is 0 Å². The molecule has 3 N–H and O–H groups in total. The molecule has 0 spiro atoms. The third-order valence-electron chi connectivity index (χ3n) is 3.04. The lowest BCUT2D eigenvalue weighted by Gasteiger charge is -2.29. The van der Waals surface area contributed by atoms with Crippen molar-refractivity contribution in [3.05, 3.63) is 0 Å². The molecule has 1 rings (SSSR count). The first-order chi connectivity index (χ1) is 7.15. The average Bonchev–Trinajstić information content (AvgIpc) is 2.21. The fourth-order valence-electron chi connectivity index (χ4n) is 1.95. The summed E-state index contributed by atoms with van der Waals surface area (Å²) in [5, 5.41) is 8.66. The molecule has 15 heavy (non-hydrogen) atoms. The number of esters is 1. The number of carbonyl (C=O) groups excluding carboxylic acids is 1. The molecular formula is C11H21NO3. The molecule has 3 atom stereocenters. The van der Waals surface area contributed by atoms with E-state index in [0.717, 1.165) is 19.3 Å². The molecule has 0 radical (unpaired) electrons. The zero-order valence-corrected chi connectivity index (χ0v) is 9.32. The first-order valence-electron chi connectivity index (χ1n) is 5.72. The fraction of sp³-hybridized carbons (Fsp3) is 0.909. The van der Waals surface area contributed by atoms with Crippen molar-refractivity contribution < 1.29 is 14.6 Å². The second kappa shape index (κ2) is 6.08. The van der Waals surface area contributed by atoms with E-state index in [1.807, 2.05) is 0 Å². The Hall–Kier alpha value is -0.610. The Morgan fingerprint density at radius 1 is 1.53 bits per heavy atom. The van der Waals surface area contributed by atoms with Crippen LogP contribution in [-0.4, -0.2) is 29.8 Å². The van der Waals surface area contributed by atoms with E-state index in [-0.39, 0.29) is 25.1 Å². The van der Waals surface area contributed by atoms with Crippen molar-refractivity contribution in [1.82, 2.24) is 0 Å². The number of rotatable bonds is 4. The maximum absolute atomic E-state index is 11.5. The van der Waals surface area contributed by atoms with Gasteiger partial charge in [0.15, 0.2) is 0 Å². The van der Waals surface area contributed by atoms with Gasteiger partial charge in [-0.25, -0.2) is 0 Å². The molecule has 0 aromatic rings. The van der Waals surface area contributed by atoms with Crippen LogP contribution in [0.2, 0.25) is 0 Å². The predicted molar refractivity (Wildman–Crippen MR) is 57.2 cm³/mol. The van der Waals surface area contributed by atoms with E-state index in [0.29, 0.717) is 5.92 Å². The Bertz CT molecular complexity index is 208. The van der Waals surface area contributed by atoms with Gasteiger partial charge in [0.05, 0.1) is 0 Å². The van der Waals surface area contributed by atoms with Gasteiger partial charge in [-0.05, 0) is 31.6 Å². The smallest absolute Gasteiger partial charge is 0.323 e. The van der Waals surface area contributed by atoms with Crippen LogP contribution in [-0.2, 0) is 9.53 Å². The molecule has 0 aromatic carbocycles. The third kappa shape index (κ3) is 3.80. The van der Waals surface area contributed by atoms with Gasteiger partial charge in [0, 0.05) is 6.61 Å². The molecule has 0 aliphatic heterocycles. The Kier molecular flexibility index (Phi) is 5.05. The predicted octanol–water partition coefficient (Wildman–Crippen LogP) is 0.818. The highest BCUT2D eigenvalue weighted by molar-refractivity contribution is 5.75. The Balaban J connectivity index is 2.35. The van der Waals surface area contributed by atoms with E-state index < -0.39 is 6.04 Å². The standard InChI is InChI=1S/C11H21NO3/c1-8-4-2-3-5-10(8)15-11(14)9(12)6-7-13/h8-10,13H,2-7,12H2,1H3/t8?,9-,10?/m0/s1. The molecule has 1 aliphatic rings. The summed E-state index contributed by atoms with van der Waals surface area (Å²) in [4.78, 5) is 11.5. The molecule has 0 amide bonds. The molecule has 1 saturated carbocycles. The highest BCUT2D eigenvalue weighted by atomic mass is 16.5. The van der Waals surface area contributed by atoms with Gasteiger partial charge in [0.2, 0.25) is 0 Å². The summed E-state index contributed by atoms with van der Waals surface area (Å²) in [5.74, 6) is 0.0619. The molecule has 1 aliphatic carbocycles. The van der Waals surface area contributed by atoms with Gasteiger partial charge < -0.3 is 15.6 Å². The summed E-state index contributed by atoms with van der Waals surface area (Å²) in [6.07, 6.45) is 4.71. The Morgan fingerprint density at radius 2 is 2.20 bits per heavy atom. The van der Waals surface area contributed by atoms with Crippen LogP contribution in [0.1, 0.15) is 39.0 Å². The van der Waals surface area contributed by atoms with Gasteiger partial charge >= 0.3 is 5.97 Å². The highest BCUT2D eigenvalue weighted by Crippen LogP contribution is 2.26. The summed E-state index contributed by atoms with van der Waals surface area (Å²) in [7, 11) is 0. The second-order valence-electron chi connectivity index (χ2n) is 4.36. The van der Waals surface area contributed by atoms with Crippen molar-refractivity contribution in [2.24, 2.45) is 11.7 Å². The number of aliphatic hydroxyl groups is 1. The first-order valence-corrected chi connectivity index (χ1v) is 5.72. The monoisotopic (exact) mass is 215 g/mol. The minimum absolute atomic E-state index is 0.0241. The zero-order valence-electron chi connectivity index (χ0n) is 9.32. The van der Waals surface area contributed by atoms with E-state index in [4.69, 9.17) is 15.6 Å². The highest BCUT2D eigenvalue weighted by Gasteiger charge is 2.26. The number of hydrogen-bond donors (Lipinski definition) is 2. The van der Waals surface area contributed by atoms with Crippen LogP contribution in [0.5, 0.6) is 0 Å². The van der Waals surface area contributed by atoms with Crippen LogP contribution in [0.15, 0.2) is 0 Å². The van der Waals surface area contributed by atoms with E-state index in [2.05, 4.69) is 6.92 Å². The molecule has 4 heteroatoms. The number of ether oxygens (including phenoxy) is 1. The maximum Gasteiger partial charge on any atom is 0.323 e. The Labute approximate surface area is 90.8 Å². The van der Waals surface area contributed by atoms with Crippen LogP contribution in [0.3, 0.4) is 0 Å². The van der Waals surface area contributed by atoms with Gasteiger partial charge in [0.25, 0.3) is 0 Å². The molecular weight excluding hydrogens is 194 g/mol. The molecule has 2 unspecified atom stereocenters. The Morgan fingerprint density at radius 3 is 2.80 bits per heavy atom. The minimum Gasteiger partial charge on any atom is -0.461 e. The maximum atomic E-state index is 11.5. The molecule has 0 bridgehead atoms. The van der Waals surface area contributed by atoms with Crippen LogP contribution in [0.4, 0.5) is 0 Å². The lowest BCUT2D eigenvalue weighted by atomic mass is 9.88. The molecule has 4 nitrogen and oxygen atoms in total. The van der Waals surface area contributed by atoms with Gasteiger partial charge in [-0.15, -0.1) is 0 Å². The minimum atomic E-state index is -0.677. The average molecular weight is 215 g/mol. The second-order valence-corrected chi connectivity index (χ2v) is 4.36. The van der Waals surface area contributed by atoms with Crippen molar-refractivity contribution >= 4 is 5.97 Å². The number of carbonyl (C=O) groups is 1. The zero-order chi connectivity index (χ0) is 11.3. The van der Waals surface area contributed by atoms with E-state index in [1.165, 1.54) is 6.42 Å². The molecule has 0 aromatic heterocycles. The topological polar surface area (TPSA) is 72.5 Å². The van der Waals surface area contributed by atoms with E-state index >= 15 is 0 Å². The summed E-state index contributed by atoms with van der Waals surface area (Å²) in [6, 6.07) is -0.677. The van der Waals surface area contributed by atoms with Crippen LogP contribution < -0.4 is 5.73 Å². The van der Waals surface area contributed by atoms with Gasteiger partial charge in [0.1, 0.15) is 12.1 Å². The third-order valence-corrected chi connectivity index (χ3v) is 3.04. The number of nitrogens with two attached hydrogens (primary N) is 1.